The van der Waals surface area contributed by atoms with Crippen molar-refractivity contribution in [3.05, 3.63) is 29.3 Å². The third-order valence-corrected chi connectivity index (χ3v) is 2.85. The van der Waals surface area contributed by atoms with Gasteiger partial charge in [0.25, 0.3) is 0 Å². The van der Waals surface area contributed by atoms with Crippen LogP contribution in [-0.4, -0.2) is 18.3 Å². The number of hydrogen-bond donors (Lipinski definition) is 2. The van der Waals surface area contributed by atoms with Crippen molar-refractivity contribution in [2.75, 3.05) is 18.5 Å². The van der Waals surface area contributed by atoms with Crippen LogP contribution in [0.4, 0.5) is 18.9 Å². The SMILES string of the molecule is OC[C@@H]1CCNc2ccc(C(F)(F)F)cc21. The van der Waals surface area contributed by atoms with Crippen molar-refractivity contribution < 1.29 is 18.3 Å². The first-order valence-electron chi connectivity index (χ1n) is 5.08. The smallest absolute Gasteiger partial charge is 0.396 e. The van der Waals surface area contributed by atoms with Gasteiger partial charge in [0.15, 0.2) is 0 Å². The molecule has 0 fully saturated rings. The summed E-state index contributed by atoms with van der Waals surface area (Å²) in [6, 6.07) is 3.62. The fourth-order valence-electron chi connectivity index (χ4n) is 1.96. The van der Waals surface area contributed by atoms with Gasteiger partial charge in [-0.2, -0.15) is 13.2 Å². The van der Waals surface area contributed by atoms with Gasteiger partial charge in [0.1, 0.15) is 0 Å². The fraction of sp³-hybridized carbons (Fsp3) is 0.455. The zero-order chi connectivity index (χ0) is 11.8. The van der Waals surface area contributed by atoms with Crippen LogP contribution in [0.25, 0.3) is 0 Å². The van der Waals surface area contributed by atoms with E-state index >= 15 is 0 Å². The molecule has 0 saturated heterocycles. The number of nitrogens with one attached hydrogen (secondary N) is 1. The van der Waals surface area contributed by atoms with Gasteiger partial charge in [0.05, 0.1) is 12.2 Å². The average Bonchev–Trinajstić information content (AvgIpc) is 2.26. The van der Waals surface area contributed by atoms with Crippen LogP contribution < -0.4 is 5.32 Å². The number of halogens is 3. The van der Waals surface area contributed by atoms with Crippen LogP contribution in [0.1, 0.15) is 23.5 Å². The van der Waals surface area contributed by atoms with Gasteiger partial charge in [-0.3, -0.25) is 0 Å². The van der Waals surface area contributed by atoms with E-state index in [1.165, 1.54) is 6.07 Å². The molecule has 1 aliphatic rings. The minimum atomic E-state index is -4.33. The second-order valence-corrected chi connectivity index (χ2v) is 3.89. The molecule has 2 rings (SSSR count). The molecule has 2 N–H and O–H groups in total. The first-order valence-corrected chi connectivity index (χ1v) is 5.08. The summed E-state index contributed by atoms with van der Waals surface area (Å²) in [5.74, 6) is -0.196. The Kier molecular flexibility index (Phi) is 2.80. The molecule has 16 heavy (non-hydrogen) atoms. The summed E-state index contributed by atoms with van der Waals surface area (Å²) in [6.45, 7) is 0.569. The summed E-state index contributed by atoms with van der Waals surface area (Å²) >= 11 is 0. The molecule has 88 valence electrons. The maximum atomic E-state index is 12.5. The molecule has 1 atom stereocenters. The lowest BCUT2D eigenvalue weighted by molar-refractivity contribution is -0.137. The Morgan fingerprint density at radius 2 is 2.12 bits per heavy atom. The van der Waals surface area contributed by atoms with Crippen LogP contribution in [0.2, 0.25) is 0 Å². The molecule has 0 aromatic heterocycles. The van der Waals surface area contributed by atoms with Crippen molar-refractivity contribution in [3.63, 3.8) is 0 Å². The number of hydrogen-bond acceptors (Lipinski definition) is 2. The quantitative estimate of drug-likeness (QED) is 0.778. The summed E-state index contributed by atoms with van der Waals surface area (Å²) in [6.07, 6.45) is -3.67. The Labute approximate surface area is 91.1 Å². The minimum Gasteiger partial charge on any atom is -0.396 e. The predicted octanol–water partition coefficient (Wildman–Crippen LogP) is 2.60. The zero-order valence-electron chi connectivity index (χ0n) is 8.51. The van der Waals surface area contributed by atoms with Crippen molar-refractivity contribution in [1.29, 1.82) is 0 Å². The summed E-state index contributed by atoms with van der Waals surface area (Å²) < 4.78 is 37.5. The van der Waals surface area contributed by atoms with E-state index in [9.17, 15) is 13.2 Å². The molecule has 0 amide bonds. The maximum absolute atomic E-state index is 12.5. The standard InChI is InChI=1S/C11H12F3NO/c12-11(13,14)8-1-2-10-9(5-8)7(6-16)3-4-15-10/h1-2,5,7,15-16H,3-4,6H2/t7-/m0/s1. The number of rotatable bonds is 1. The molecular formula is C11H12F3NO. The predicted molar refractivity (Wildman–Crippen MR) is 54.4 cm³/mol. The average molecular weight is 231 g/mol. The minimum absolute atomic E-state index is 0.115. The number of anilines is 1. The summed E-state index contributed by atoms with van der Waals surface area (Å²) in [4.78, 5) is 0. The highest BCUT2D eigenvalue weighted by Crippen LogP contribution is 2.37. The third kappa shape index (κ3) is 2.00. The lowest BCUT2D eigenvalue weighted by Gasteiger charge is -2.26. The molecule has 1 aromatic carbocycles. The van der Waals surface area contributed by atoms with E-state index in [4.69, 9.17) is 5.11 Å². The van der Waals surface area contributed by atoms with E-state index in [0.717, 1.165) is 12.1 Å². The van der Waals surface area contributed by atoms with Crippen molar-refractivity contribution >= 4 is 5.69 Å². The highest BCUT2D eigenvalue weighted by Gasteiger charge is 2.32. The highest BCUT2D eigenvalue weighted by molar-refractivity contribution is 5.56. The zero-order valence-corrected chi connectivity index (χ0v) is 8.51. The molecule has 0 radical (unpaired) electrons. The van der Waals surface area contributed by atoms with Crippen molar-refractivity contribution in [2.24, 2.45) is 0 Å². The molecule has 5 heteroatoms. The second-order valence-electron chi connectivity index (χ2n) is 3.89. The normalized spacial score (nSPS) is 20.1. The molecule has 1 aliphatic heterocycles. The molecule has 0 bridgehead atoms. The molecular weight excluding hydrogens is 219 g/mol. The van der Waals surface area contributed by atoms with Gasteiger partial charge in [-0.1, -0.05) is 0 Å². The Morgan fingerprint density at radius 3 is 2.75 bits per heavy atom. The van der Waals surface area contributed by atoms with Gasteiger partial charge in [-0.05, 0) is 30.2 Å². The summed E-state index contributed by atoms with van der Waals surface area (Å²) in [5.41, 5.74) is 0.593. The lowest BCUT2D eigenvalue weighted by Crippen LogP contribution is -2.20. The van der Waals surface area contributed by atoms with E-state index in [1.54, 1.807) is 0 Å². The summed E-state index contributed by atoms with van der Waals surface area (Å²) in [7, 11) is 0. The van der Waals surface area contributed by atoms with E-state index in [1.807, 2.05) is 0 Å². The number of aliphatic hydroxyl groups is 1. The largest absolute Gasteiger partial charge is 0.416 e. The molecule has 0 spiro atoms. The number of benzene rings is 1. The Bertz CT molecular complexity index is 389. The third-order valence-electron chi connectivity index (χ3n) is 2.85. The molecule has 1 heterocycles. The lowest BCUT2D eigenvalue weighted by atomic mass is 9.90. The number of aliphatic hydroxyl groups excluding tert-OH is 1. The first-order chi connectivity index (χ1) is 7.52. The topological polar surface area (TPSA) is 32.3 Å². The molecule has 0 unspecified atom stereocenters. The molecule has 0 aliphatic carbocycles. The van der Waals surface area contributed by atoms with Gasteiger partial charge in [0, 0.05) is 18.2 Å². The van der Waals surface area contributed by atoms with Gasteiger partial charge in [-0.25, -0.2) is 0 Å². The van der Waals surface area contributed by atoms with E-state index in [2.05, 4.69) is 5.32 Å². The van der Waals surface area contributed by atoms with Crippen LogP contribution in [0, 0.1) is 0 Å². The van der Waals surface area contributed by atoms with Crippen LogP contribution in [0.3, 0.4) is 0 Å². The Morgan fingerprint density at radius 1 is 1.38 bits per heavy atom. The van der Waals surface area contributed by atoms with Crippen LogP contribution in [0.15, 0.2) is 18.2 Å². The van der Waals surface area contributed by atoms with Crippen LogP contribution in [-0.2, 0) is 6.18 Å². The van der Waals surface area contributed by atoms with Crippen LogP contribution in [0.5, 0.6) is 0 Å². The number of fused-ring (bicyclic) bond motifs is 1. The van der Waals surface area contributed by atoms with Crippen molar-refractivity contribution in [2.45, 2.75) is 18.5 Å². The molecule has 0 saturated carbocycles. The maximum Gasteiger partial charge on any atom is 0.416 e. The number of alkyl halides is 3. The van der Waals surface area contributed by atoms with Gasteiger partial charge in [-0.15, -0.1) is 0 Å². The fourth-order valence-corrected chi connectivity index (χ4v) is 1.96. The second kappa shape index (κ2) is 3.97. The monoisotopic (exact) mass is 231 g/mol. The van der Waals surface area contributed by atoms with Gasteiger partial charge >= 0.3 is 6.18 Å². The van der Waals surface area contributed by atoms with E-state index in [0.29, 0.717) is 24.2 Å². The van der Waals surface area contributed by atoms with E-state index in [-0.39, 0.29) is 12.5 Å². The molecule has 1 aromatic rings. The first kappa shape index (κ1) is 11.3. The van der Waals surface area contributed by atoms with E-state index < -0.39 is 11.7 Å². The summed E-state index contributed by atoms with van der Waals surface area (Å²) in [5, 5.41) is 12.1. The Hall–Kier alpha value is -1.23. The van der Waals surface area contributed by atoms with Crippen LogP contribution >= 0.6 is 0 Å². The van der Waals surface area contributed by atoms with Crippen molar-refractivity contribution in [1.82, 2.24) is 0 Å². The highest BCUT2D eigenvalue weighted by atomic mass is 19.4. The molecule has 2 nitrogen and oxygen atoms in total. The van der Waals surface area contributed by atoms with Gasteiger partial charge < -0.3 is 10.4 Å². The van der Waals surface area contributed by atoms with Gasteiger partial charge in [0.2, 0.25) is 0 Å². The Balaban J connectivity index is 2.43. The van der Waals surface area contributed by atoms with Crippen molar-refractivity contribution in [3.8, 4) is 0 Å².